The van der Waals surface area contributed by atoms with Crippen LogP contribution in [0.15, 0.2) is 30.6 Å². The highest BCUT2D eigenvalue weighted by Gasteiger charge is 2.16. The van der Waals surface area contributed by atoms with Crippen LogP contribution in [0.2, 0.25) is 0 Å². The molecule has 0 saturated carbocycles. The number of halogens is 1. The lowest BCUT2D eigenvalue weighted by Gasteiger charge is -2.08. The molecule has 8 heteroatoms. The van der Waals surface area contributed by atoms with Crippen molar-refractivity contribution in [2.75, 3.05) is 12.3 Å². The Balaban J connectivity index is 2.07. The summed E-state index contributed by atoms with van der Waals surface area (Å²) in [6.07, 6.45) is 3.13. The van der Waals surface area contributed by atoms with Crippen LogP contribution in [0.4, 0.5) is 10.2 Å². The molecule has 0 atom stereocenters. The van der Waals surface area contributed by atoms with E-state index in [0.29, 0.717) is 45.4 Å². The number of fused-ring (bicyclic) bond motifs is 3. The summed E-state index contributed by atoms with van der Waals surface area (Å²) in [7, 11) is 0. The van der Waals surface area contributed by atoms with Gasteiger partial charge in [-0.1, -0.05) is 0 Å². The van der Waals surface area contributed by atoms with E-state index >= 15 is 0 Å². The van der Waals surface area contributed by atoms with Crippen LogP contribution >= 0.6 is 0 Å². The minimum Gasteiger partial charge on any atom is -0.394 e. The Hall–Kier alpha value is -3.00. The molecule has 0 aliphatic rings. The van der Waals surface area contributed by atoms with Gasteiger partial charge < -0.3 is 10.8 Å². The van der Waals surface area contributed by atoms with Crippen LogP contribution in [0.3, 0.4) is 0 Å². The molecule has 0 bridgehead atoms. The minimum atomic E-state index is -0.397. The molecule has 1 aromatic carbocycles. The molecule has 4 rings (SSSR count). The molecular formula is C15H13FN6O. The molecule has 4 N–H and O–H groups in total. The summed E-state index contributed by atoms with van der Waals surface area (Å²) in [6, 6.07) is 4.72. The van der Waals surface area contributed by atoms with Gasteiger partial charge in [0.1, 0.15) is 11.6 Å². The average molecular weight is 312 g/mol. The molecule has 23 heavy (non-hydrogen) atoms. The number of aromatic amines is 1. The van der Waals surface area contributed by atoms with Gasteiger partial charge in [-0.3, -0.25) is 9.78 Å². The number of aliphatic hydroxyl groups is 1. The van der Waals surface area contributed by atoms with Crippen LogP contribution in [0.5, 0.6) is 0 Å². The molecule has 0 unspecified atom stereocenters. The van der Waals surface area contributed by atoms with Crippen molar-refractivity contribution in [1.29, 1.82) is 0 Å². The zero-order valence-corrected chi connectivity index (χ0v) is 12.0. The number of nitrogens with two attached hydrogens (primary N) is 1. The van der Waals surface area contributed by atoms with Crippen molar-refractivity contribution in [2.24, 2.45) is 0 Å². The highest BCUT2D eigenvalue weighted by atomic mass is 19.1. The molecule has 0 aliphatic carbocycles. The van der Waals surface area contributed by atoms with E-state index in [2.05, 4.69) is 20.3 Å². The number of nitrogen functional groups attached to an aromatic ring is 1. The van der Waals surface area contributed by atoms with Gasteiger partial charge in [0, 0.05) is 17.1 Å². The zero-order chi connectivity index (χ0) is 16.0. The van der Waals surface area contributed by atoms with Gasteiger partial charge >= 0.3 is 0 Å². The number of H-pyrrole nitrogens is 1. The molecule has 0 radical (unpaired) electrons. The van der Waals surface area contributed by atoms with Crippen LogP contribution in [0, 0.1) is 5.82 Å². The Labute approximate surface area is 129 Å². The Morgan fingerprint density at radius 2 is 2.17 bits per heavy atom. The summed E-state index contributed by atoms with van der Waals surface area (Å²) < 4.78 is 16.2. The van der Waals surface area contributed by atoms with E-state index in [1.54, 1.807) is 29.2 Å². The molecule has 0 fully saturated rings. The first-order valence-corrected chi connectivity index (χ1v) is 7.04. The molecule has 0 aliphatic heterocycles. The number of rotatable bonds is 3. The minimum absolute atomic E-state index is 0.0742. The summed E-state index contributed by atoms with van der Waals surface area (Å²) in [5.74, 6) is -0.0785. The largest absolute Gasteiger partial charge is 0.394 e. The van der Waals surface area contributed by atoms with Crippen molar-refractivity contribution in [1.82, 2.24) is 25.0 Å². The number of aromatic nitrogens is 5. The Morgan fingerprint density at radius 3 is 2.91 bits per heavy atom. The Bertz CT molecular complexity index is 1010. The maximum atomic E-state index is 14.5. The Kier molecular flexibility index (Phi) is 2.98. The zero-order valence-electron chi connectivity index (χ0n) is 12.0. The molecule has 0 spiro atoms. The van der Waals surface area contributed by atoms with Crippen molar-refractivity contribution in [3.63, 3.8) is 0 Å². The SMILES string of the molecule is Nc1nc2cc(-c3ccn[nH]3)c(F)cc2c2c1cnn2CCO. The first kappa shape index (κ1) is 13.6. The maximum Gasteiger partial charge on any atom is 0.135 e. The first-order chi connectivity index (χ1) is 11.2. The third-order valence-electron chi connectivity index (χ3n) is 3.80. The lowest BCUT2D eigenvalue weighted by molar-refractivity contribution is 0.272. The number of anilines is 1. The first-order valence-electron chi connectivity index (χ1n) is 7.04. The predicted molar refractivity (Wildman–Crippen MR) is 84.1 cm³/mol. The van der Waals surface area contributed by atoms with Gasteiger partial charge in [-0.25, -0.2) is 9.37 Å². The van der Waals surface area contributed by atoms with Crippen LogP contribution in [0.1, 0.15) is 0 Å². The smallest absolute Gasteiger partial charge is 0.135 e. The normalized spacial score (nSPS) is 11.6. The number of benzene rings is 1. The molecular weight excluding hydrogens is 299 g/mol. The van der Waals surface area contributed by atoms with Gasteiger partial charge in [0.2, 0.25) is 0 Å². The topological polar surface area (TPSA) is 106 Å². The van der Waals surface area contributed by atoms with E-state index in [4.69, 9.17) is 10.8 Å². The van der Waals surface area contributed by atoms with E-state index in [1.807, 2.05) is 0 Å². The van der Waals surface area contributed by atoms with E-state index in [0.717, 1.165) is 0 Å². The molecule has 116 valence electrons. The van der Waals surface area contributed by atoms with Crippen LogP contribution in [-0.2, 0) is 6.54 Å². The standard InChI is InChI=1S/C15H13FN6O/c16-11-5-9-13(6-8(11)12-1-2-18-21-12)20-15(17)10-7-19-22(3-4-23)14(9)10/h1-2,5-7,23H,3-4H2,(H2,17,20)(H,18,21). The van der Waals surface area contributed by atoms with Crippen molar-refractivity contribution < 1.29 is 9.50 Å². The molecule has 3 heterocycles. The fraction of sp³-hybridized carbons (Fsp3) is 0.133. The second-order valence-corrected chi connectivity index (χ2v) is 5.17. The number of pyridine rings is 1. The number of aliphatic hydroxyl groups excluding tert-OH is 1. The van der Waals surface area contributed by atoms with Crippen molar-refractivity contribution >= 4 is 27.6 Å². The summed E-state index contributed by atoms with van der Waals surface area (Å²) in [4.78, 5) is 4.35. The van der Waals surface area contributed by atoms with Crippen LogP contribution in [-0.4, -0.2) is 36.7 Å². The number of nitrogens with one attached hydrogen (secondary N) is 1. The van der Waals surface area contributed by atoms with Crippen molar-refractivity contribution in [3.05, 3.63) is 36.4 Å². The number of nitrogens with zero attached hydrogens (tertiary/aromatic N) is 4. The third kappa shape index (κ3) is 2.03. The summed E-state index contributed by atoms with van der Waals surface area (Å²) in [5, 5.41) is 21.2. The lowest BCUT2D eigenvalue weighted by Crippen LogP contribution is -2.04. The van der Waals surface area contributed by atoms with Crippen LogP contribution in [0.25, 0.3) is 33.1 Å². The highest BCUT2D eigenvalue weighted by Crippen LogP contribution is 2.32. The quantitative estimate of drug-likeness (QED) is 0.534. The molecule has 3 aromatic heterocycles. The molecule has 0 amide bonds. The monoisotopic (exact) mass is 312 g/mol. The molecule has 7 nitrogen and oxygen atoms in total. The van der Waals surface area contributed by atoms with Crippen molar-refractivity contribution in [3.8, 4) is 11.3 Å². The van der Waals surface area contributed by atoms with Gasteiger partial charge in [-0.05, 0) is 18.2 Å². The summed E-state index contributed by atoms with van der Waals surface area (Å²) in [5.41, 5.74) is 8.15. The van der Waals surface area contributed by atoms with Gasteiger partial charge in [-0.2, -0.15) is 10.2 Å². The third-order valence-corrected chi connectivity index (χ3v) is 3.80. The Morgan fingerprint density at radius 1 is 1.30 bits per heavy atom. The van der Waals surface area contributed by atoms with Gasteiger partial charge in [-0.15, -0.1) is 0 Å². The summed E-state index contributed by atoms with van der Waals surface area (Å²) >= 11 is 0. The fourth-order valence-corrected chi connectivity index (χ4v) is 2.77. The maximum absolute atomic E-state index is 14.5. The fourth-order valence-electron chi connectivity index (χ4n) is 2.77. The van der Waals surface area contributed by atoms with Gasteiger partial charge in [0.15, 0.2) is 0 Å². The van der Waals surface area contributed by atoms with E-state index < -0.39 is 5.82 Å². The van der Waals surface area contributed by atoms with Crippen LogP contribution < -0.4 is 5.73 Å². The summed E-state index contributed by atoms with van der Waals surface area (Å²) in [6.45, 7) is 0.223. The van der Waals surface area contributed by atoms with E-state index in [1.165, 1.54) is 6.07 Å². The number of hydrogen-bond acceptors (Lipinski definition) is 5. The molecule has 0 saturated heterocycles. The predicted octanol–water partition coefficient (Wildman–Crippen LogP) is 1.69. The average Bonchev–Trinajstić information content (AvgIpc) is 3.18. The van der Waals surface area contributed by atoms with Gasteiger partial charge in [0.05, 0.1) is 41.5 Å². The highest BCUT2D eigenvalue weighted by molar-refractivity contribution is 6.08. The van der Waals surface area contributed by atoms with E-state index in [9.17, 15) is 4.39 Å². The lowest BCUT2D eigenvalue weighted by atomic mass is 10.1. The number of hydrogen-bond donors (Lipinski definition) is 3. The van der Waals surface area contributed by atoms with E-state index in [-0.39, 0.29) is 6.61 Å². The van der Waals surface area contributed by atoms with Gasteiger partial charge in [0.25, 0.3) is 0 Å². The molecule has 4 aromatic rings. The van der Waals surface area contributed by atoms with Crippen molar-refractivity contribution in [2.45, 2.75) is 6.54 Å². The second-order valence-electron chi connectivity index (χ2n) is 5.17. The second kappa shape index (κ2) is 5.03.